The van der Waals surface area contributed by atoms with E-state index < -0.39 is 0 Å². The van der Waals surface area contributed by atoms with Gasteiger partial charge in [-0.2, -0.15) is 5.10 Å². The average Bonchev–Trinajstić information content (AvgIpc) is 3.58. The molecular formula is C29H27FN4O4. The molecule has 9 heteroatoms. The fourth-order valence-corrected chi connectivity index (χ4v) is 4.17. The Hall–Kier alpha value is -4.66. The van der Waals surface area contributed by atoms with Gasteiger partial charge in [-0.3, -0.25) is 9.59 Å². The third-order valence-electron chi connectivity index (χ3n) is 6.14. The molecule has 194 valence electrons. The number of amides is 2. The van der Waals surface area contributed by atoms with Crippen molar-refractivity contribution in [2.24, 2.45) is 0 Å². The Morgan fingerprint density at radius 3 is 2.53 bits per heavy atom. The number of nitrogens with zero attached hydrogens (tertiary/aromatic N) is 3. The maximum Gasteiger partial charge on any atom is 0.254 e. The molecule has 0 atom stereocenters. The molecular weight excluding hydrogens is 487 g/mol. The Bertz CT molecular complexity index is 1440. The molecule has 0 saturated carbocycles. The van der Waals surface area contributed by atoms with Crippen molar-refractivity contribution in [3.63, 3.8) is 0 Å². The number of anilines is 1. The molecule has 8 nitrogen and oxygen atoms in total. The van der Waals surface area contributed by atoms with E-state index in [9.17, 15) is 14.0 Å². The molecule has 0 spiro atoms. The van der Waals surface area contributed by atoms with Crippen LogP contribution in [-0.4, -0.2) is 46.4 Å². The highest BCUT2D eigenvalue weighted by molar-refractivity contribution is 5.99. The summed E-state index contributed by atoms with van der Waals surface area (Å²) in [4.78, 5) is 28.1. The molecule has 3 aromatic carbocycles. The lowest BCUT2D eigenvalue weighted by Gasteiger charge is -2.22. The van der Waals surface area contributed by atoms with Gasteiger partial charge in [-0.05, 0) is 48.9 Å². The summed E-state index contributed by atoms with van der Waals surface area (Å²) in [6.07, 6.45) is 1.61. The molecule has 38 heavy (non-hydrogen) atoms. The Kier molecular flexibility index (Phi) is 7.35. The van der Waals surface area contributed by atoms with Crippen molar-refractivity contribution in [3.05, 3.63) is 90.2 Å². The van der Waals surface area contributed by atoms with Crippen LogP contribution in [0, 0.1) is 5.82 Å². The van der Waals surface area contributed by atoms with E-state index in [1.54, 1.807) is 41.1 Å². The van der Waals surface area contributed by atoms with E-state index >= 15 is 0 Å². The molecule has 1 aliphatic rings. The first-order chi connectivity index (χ1) is 18.5. The second-order valence-electron chi connectivity index (χ2n) is 8.87. The molecule has 0 radical (unpaired) electrons. The van der Waals surface area contributed by atoms with Gasteiger partial charge in [0.25, 0.3) is 5.91 Å². The SMILES string of the molecule is CCCCN(CC(=O)Nc1cc(-c2ccccc2)nn1-c1ccc(F)cc1)C(=O)c1ccc2c(c1)OCO2. The van der Waals surface area contributed by atoms with Crippen LogP contribution in [0.15, 0.2) is 78.9 Å². The maximum absolute atomic E-state index is 13.6. The van der Waals surface area contributed by atoms with Crippen molar-refractivity contribution in [1.29, 1.82) is 0 Å². The van der Waals surface area contributed by atoms with E-state index in [0.717, 1.165) is 18.4 Å². The lowest BCUT2D eigenvalue weighted by atomic mass is 10.1. The highest BCUT2D eigenvalue weighted by Gasteiger charge is 2.23. The molecule has 0 bridgehead atoms. The van der Waals surface area contributed by atoms with Gasteiger partial charge in [0.2, 0.25) is 12.7 Å². The third kappa shape index (κ3) is 5.51. The van der Waals surface area contributed by atoms with E-state index in [0.29, 0.717) is 40.8 Å². The summed E-state index contributed by atoms with van der Waals surface area (Å²) in [7, 11) is 0. The lowest BCUT2D eigenvalue weighted by Crippen LogP contribution is -2.39. The topological polar surface area (TPSA) is 85.7 Å². The number of fused-ring (bicyclic) bond motifs is 1. The van der Waals surface area contributed by atoms with Crippen molar-refractivity contribution in [3.8, 4) is 28.4 Å². The number of nitrogens with one attached hydrogen (secondary N) is 1. The fraction of sp³-hybridized carbons (Fsp3) is 0.207. The van der Waals surface area contributed by atoms with Gasteiger partial charge < -0.3 is 19.7 Å². The van der Waals surface area contributed by atoms with Crippen LogP contribution < -0.4 is 14.8 Å². The summed E-state index contributed by atoms with van der Waals surface area (Å²) in [5, 5.41) is 7.55. The summed E-state index contributed by atoms with van der Waals surface area (Å²) in [6, 6.07) is 22.1. The van der Waals surface area contributed by atoms with E-state index in [1.165, 1.54) is 17.0 Å². The summed E-state index contributed by atoms with van der Waals surface area (Å²) < 4.78 is 25.9. The summed E-state index contributed by atoms with van der Waals surface area (Å²) in [5.41, 5.74) is 2.51. The van der Waals surface area contributed by atoms with Gasteiger partial charge in [0.1, 0.15) is 18.2 Å². The predicted octanol–water partition coefficient (Wildman–Crippen LogP) is 5.29. The standard InChI is InChI=1S/C29H27FN4O4/c1-2-3-15-33(29(36)21-9-14-25-26(16-21)38-19-37-25)18-28(35)31-27-17-24(20-7-5-4-6-8-20)32-34(27)23-12-10-22(30)11-13-23/h4-14,16-17H,2-3,15,18-19H2,1H3,(H,31,35). The van der Waals surface area contributed by atoms with Crippen molar-refractivity contribution in [1.82, 2.24) is 14.7 Å². The highest BCUT2D eigenvalue weighted by atomic mass is 19.1. The monoisotopic (exact) mass is 514 g/mol. The minimum absolute atomic E-state index is 0.113. The quantitative estimate of drug-likeness (QED) is 0.328. The minimum atomic E-state index is -0.377. The Balaban J connectivity index is 1.39. The van der Waals surface area contributed by atoms with Gasteiger partial charge in [-0.15, -0.1) is 0 Å². The predicted molar refractivity (Wildman–Crippen MR) is 141 cm³/mol. The Labute approximate surface area is 219 Å². The molecule has 1 N–H and O–H groups in total. The van der Waals surface area contributed by atoms with Gasteiger partial charge in [0.05, 0.1) is 11.4 Å². The molecule has 0 saturated heterocycles. The van der Waals surface area contributed by atoms with Gasteiger partial charge >= 0.3 is 0 Å². The van der Waals surface area contributed by atoms with Crippen molar-refractivity contribution >= 4 is 17.6 Å². The number of benzene rings is 3. The lowest BCUT2D eigenvalue weighted by molar-refractivity contribution is -0.117. The zero-order chi connectivity index (χ0) is 26.5. The van der Waals surface area contributed by atoms with Crippen LogP contribution in [0.2, 0.25) is 0 Å². The zero-order valence-electron chi connectivity index (χ0n) is 20.9. The fourth-order valence-electron chi connectivity index (χ4n) is 4.17. The molecule has 0 fully saturated rings. The summed E-state index contributed by atoms with van der Waals surface area (Å²) >= 11 is 0. The van der Waals surface area contributed by atoms with Crippen LogP contribution in [0.25, 0.3) is 16.9 Å². The minimum Gasteiger partial charge on any atom is -0.454 e. The summed E-state index contributed by atoms with van der Waals surface area (Å²) in [6.45, 7) is 2.41. The van der Waals surface area contributed by atoms with Gasteiger partial charge in [-0.25, -0.2) is 9.07 Å². The normalized spacial score (nSPS) is 11.8. The molecule has 1 aromatic heterocycles. The molecule has 2 amide bonds. The Morgan fingerprint density at radius 2 is 1.76 bits per heavy atom. The number of halogens is 1. The first-order valence-corrected chi connectivity index (χ1v) is 12.4. The highest BCUT2D eigenvalue weighted by Crippen LogP contribution is 2.33. The van der Waals surface area contributed by atoms with Crippen molar-refractivity contribution < 1.29 is 23.5 Å². The van der Waals surface area contributed by atoms with E-state index in [-0.39, 0.29) is 31.0 Å². The number of hydrogen-bond donors (Lipinski definition) is 1. The van der Waals surface area contributed by atoms with Crippen molar-refractivity contribution in [2.75, 3.05) is 25.2 Å². The zero-order valence-corrected chi connectivity index (χ0v) is 20.9. The van der Waals surface area contributed by atoms with Crippen molar-refractivity contribution in [2.45, 2.75) is 19.8 Å². The van der Waals surface area contributed by atoms with Crippen LogP contribution in [0.3, 0.4) is 0 Å². The summed E-state index contributed by atoms with van der Waals surface area (Å²) in [5.74, 6) is 0.479. The molecule has 1 aliphatic heterocycles. The van der Waals surface area contributed by atoms with E-state index in [4.69, 9.17) is 9.47 Å². The molecule has 2 heterocycles. The second kappa shape index (κ2) is 11.2. The first-order valence-electron chi connectivity index (χ1n) is 12.4. The molecule has 0 aliphatic carbocycles. The second-order valence-corrected chi connectivity index (χ2v) is 8.87. The number of aromatic nitrogens is 2. The number of hydrogen-bond acceptors (Lipinski definition) is 5. The number of carbonyl (C=O) groups is 2. The number of carbonyl (C=O) groups excluding carboxylic acids is 2. The van der Waals surface area contributed by atoms with Crippen LogP contribution >= 0.6 is 0 Å². The number of rotatable bonds is 9. The van der Waals surface area contributed by atoms with Crippen LogP contribution in [0.1, 0.15) is 30.1 Å². The van der Waals surface area contributed by atoms with Crippen LogP contribution in [0.4, 0.5) is 10.2 Å². The Morgan fingerprint density at radius 1 is 1.00 bits per heavy atom. The molecule has 0 unspecified atom stereocenters. The molecule has 5 rings (SSSR count). The third-order valence-corrected chi connectivity index (χ3v) is 6.14. The number of ether oxygens (including phenoxy) is 2. The van der Waals surface area contributed by atoms with E-state index in [1.807, 2.05) is 37.3 Å². The number of unbranched alkanes of at least 4 members (excludes halogenated alkanes) is 1. The largest absolute Gasteiger partial charge is 0.454 e. The average molecular weight is 515 g/mol. The smallest absolute Gasteiger partial charge is 0.254 e. The van der Waals surface area contributed by atoms with E-state index in [2.05, 4.69) is 10.4 Å². The van der Waals surface area contributed by atoms with Gasteiger partial charge in [0.15, 0.2) is 11.5 Å². The first kappa shape index (κ1) is 25.0. The maximum atomic E-state index is 13.6. The van der Waals surface area contributed by atoms with Crippen LogP contribution in [0.5, 0.6) is 11.5 Å². The van der Waals surface area contributed by atoms with Crippen LogP contribution in [-0.2, 0) is 4.79 Å². The van der Waals surface area contributed by atoms with Gasteiger partial charge in [-0.1, -0.05) is 43.7 Å². The molecule has 4 aromatic rings. The van der Waals surface area contributed by atoms with Gasteiger partial charge in [0, 0.05) is 23.7 Å².